The van der Waals surface area contributed by atoms with Crippen LogP contribution in [0.5, 0.6) is 5.75 Å². The van der Waals surface area contributed by atoms with E-state index in [0.717, 1.165) is 0 Å². The zero-order valence-electron chi connectivity index (χ0n) is 12.7. The molecule has 0 amide bonds. The van der Waals surface area contributed by atoms with Gasteiger partial charge in [0.25, 0.3) is 5.56 Å². The van der Waals surface area contributed by atoms with Crippen molar-refractivity contribution in [2.45, 2.75) is 20.4 Å². The summed E-state index contributed by atoms with van der Waals surface area (Å²) >= 11 is 0. The molecule has 116 valence electrons. The molecule has 0 aliphatic heterocycles. The van der Waals surface area contributed by atoms with Crippen molar-refractivity contribution >= 4 is 5.97 Å². The van der Waals surface area contributed by atoms with Crippen LogP contribution in [0.2, 0.25) is 0 Å². The van der Waals surface area contributed by atoms with Crippen LogP contribution in [-0.4, -0.2) is 22.2 Å². The first-order valence-corrected chi connectivity index (χ1v) is 7.12. The highest BCUT2D eigenvalue weighted by atomic mass is 16.5. The van der Waals surface area contributed by atoms with Gasteiger partial charge in [-0.15, -0.1) is 0 Å². The number of hydrogen-bond donors (Lipinski definition) is 1. The van der Waals surface area contributed by atoms with Gasteiger partial charge in [0.15, 0.2) is 5.75 Å². The van der Waals surface area contributed by atoms with E-state index in [4.69, 9.17) is 4.74 Å². The molecule has 2 rings (SSSR count). The van der Waals surface area contributed by atoms with Crippen molar-refractivity contribution in [3.05, 3.63) is 64.1 Å². The fraction of sp³-hybridized carbons (Fsp3) is 0.294. The van der Waals surface area contributed by atoms with Crippen LogP contribution in [0.4, 0.5) is 0 Å². The van der Waals surface area contributed by atoms with E-state index >= 15 is 0 Å². The minimum absolute atomic E-state index is 0.195. The van der Waals surface area contributed by atoms with Gasteiger partial charge in [-0.25, -0.2) is 4.79 Å². The first-order valence-electron chi connectivity index (χ1n) is 7.12. The number of ether oxygens (including phenoxy) is 1. The smallest absolute Gasteiger partial charge is 0.336 e. The highest BCUT2D eigenvalue weighted by Crippen LogP contribution is 2.11. The number of carboxylic acid groups (broad SMARTS) is 1. The van der Waals surface area contributed by atoms with Gasteiger partial charge in [-0.3, -0.25) is 4.79 Å². The largest absolute Gasteiger partial charge is 0.488 e. The zero-order valence-corrected chi connectivity index (χ0v) is 12.7. The topological polar surface area (TPSA) is 68.5 Å². The maximum absolute atomic E-state index is 12.4. The summed E-state index contributed by atoms with van der Waals surface area (Å²) in [6, 6.07) is 10.0. The average molecular weight is 301 g/mol. The molecule has 1 N–H and O–H groups in total. The van der Waals surface area contributed by atoms with Crippen molar-refractivity contribution in [2.75, 3.05) is 6.61 Å². The van der Waals surface area contributed by atoms with Crippen molar-refractivity contribution in [1.82, 2.24) is 4.57 Å². The number of nitrogens with zero attached hydrogens (tertiary/aromatic N) is 1. The summed E-state index contributed by atoms with van der Waals surface area (Å²) in [5.74, 6) is -0.402. The second-order valence-electron chi connectivity index (χ2n) is 5.47. The van der Waals surface area contributed by atoms with Gasteiger partial charge in [-0.05, 0) is 29.7 Å². The van der Waals surface area contributed by atoms with E-state index in [1.54, 1.807) is 36.5 Å². The summed E-state index contributed by atoms with van der Waals surface area (Å²) in [5.41, 5.74) is 0.518. The lowest BCUT2D eigenvalue weighted by atomic mass is 10.1. The van der Waals surface area contributed by atoms with Crippen LogP contribution in [0.1, 0.15) is 29.8 Å². The van der Waals surface area contributed by atoms with Crippen molar-refractivity contribution in [1.29, 1.82) is 0 Å². The van der Waals surface area contributed by atoms with Crippen molar-refractivity contribution in [3.63, 3.8) is 0 Å². The lowest BCUT2D eigenvalue weighted by Crippen LogP contribution is -2.23. The molecule has 1 heterocycles. The van der Waals surface area contributed by atoms with E-state index in [2.05, 4.69) is 0 Å². The Kier molecular flexibility index (Phi) is 4.99. The summed E-state index contributed by atoms with van der Waals surface area (Å²) in [5, 5.41) is 9.20. The van der Waals surface area contributed by atoms with Crippen LogP contribution >= 0.6 is 0 Å². The number of carboxylic acids is 1. The fourth-order valence-electron chi connectivity index (χ4n) is 2.06. The quantitative estimate of drug-likeness (QED) is 0.890. The summed E-state index contributed by atoms with van der Waals surface area (Å²) < 4.78 is 6.96. The molecule has 0 aliphatic rings. The van der Waals surface area contributed by atoms with Gasteiger partial charge >= 0.3 is 5.97 Å². The SMILES string of the molecule is CC(C)COc1cccn(Cc2ccccc2C(=O)O)c1=O. The lowest BCUT2D eigenvalue weighted by molar-refractivity contribution is 0.0695. The van der Waals surface area contributed by atoms with Gasteiger partial charge in [0, 0.05) is 6.20 Å². The van der Waals surface area contributed by atoms with E-state index in [-0.39, 0.29) is 23.4 Å². The standard InChI is InChI=1S/C17H19NO4/c1-12(2)11-22-15-8-5-9-18(16(15)19)10-13-6-3-4-7-14(13)17(20)21/h3-9,12H,10-11H2,1-2H3,(H,20,21). The monoisotopic (exact) mass is 301 g/mol. The Morgan fingerprint density at radius 2 is 1.95 bits per heavy atom. The van der Waals surface area contributed by atoms with Gasteiger partial charge in [0.1, 0.15) is 0 Å². The lowest BCUT2D eigenvalue weighted by Gasteiger charge is -2.12. The number of pyridine rings is 1. The predicted octanol–water partition coefficient (Wildman–Crippen LogP) is 2.63. The van der Waals surface area contributed by atoms with Crippen LogP contribution in [0, 0.1) is 5.92 Å². The van der Waals surface area contributed by atoms with Gasteiger partial charge < -0.3 is 14.4 Å². The van der Waals surface area contributed by atoms with Crippen LogP contribution in [-0.2, 0) is 6.54 Å². The summed E-state index contributed by atoms with van der Waals surface area (Å²) in [7, 11) is 0. The van der Waals surface area contributed by atoms with E-state index in [9.17, 15) is 14.7 Å². The van der Waals surface area contributed by atoms with E-state index in [1.807, 2.05) is 13.8 Å². The third-order valence-electron chi connectivity index (χ3n) is 3.15. The molecule has 1 aromatic heterocycles. The Bertz CT molecular complexity index is 719. The molecule has 0 aliphatic carbocycles. The Balaban J connectivity index is 2.29. The molecule has 5 nitrogen and oxygen atoms in total. The van der Waals surface area contributed by atoms with E-state index in [0.29, 0.717) is 18.1 Å². The molecular formula is C17H19NO4. The Labute approximate surface area is 128 Å². The normalized spacial score (nSPS) is 10.7. The maximum Gasteiger partial charge on any atom is 0.336 e. The summed E-state index contributed by atoms with van der Waals surface area (Å²) in [6.07, 6.45) is 1.63. The molecule has 0 saturated heterocycles. The van der Waals surface area contributed by atoms with Crippen molar-refractivity contribution < 1.29 is 14.6 Å². The number of rotatable bonds is 6. The number of hydrogen-bond acceptors (Lipinski definition) is 3. The fourth-order valence-corrected chi connectivity index (χ4v) is 2.06. The van der Waals surface area contributed by atoms with Crippen LogP contribution in [0.15, 0.2) is 47.4 Å². The second kappa shape index (κ2) is 6.93. The Morgan fingerprint density at radius 3 is 2.64 bits per heavy atom. The molecule has 2 aromatic rings. The van der Waals surface area contributed by atoms with E-state index < -0.39 is 5.97 Å². The molecule has 0 fully saturated rings. The van der Waals surface area contributed by atoms with Gasteiger partial charge in [0.2, 0.25) is 0 Å². The van der Waals surface area contributed by atoms with E-state index in [1.165, 1.54) is 10.6 Å². The van der Waals surface area contributed by atoms with Gasteiger partial charge in [-0.1, -0.05) is 32.0 Å². The Morgan fingerprint density at radius 1 is 1.23 bits per heavy atom. The number of carbonyl (C=O) groups is 1. The predicted molar refractivity (Wildman–Crippen MR) is 83.5 cm³/mol. The molecule has 22 heavy (non-hydrogen) atoms. The van der Waals surface area contributed by atoms with Gasteiger partial charge in [-0.2, -0.15) is 0 Å². The minimum Gasteiger partial charge on any atom is -0.488 e. The van der Waals surface area contributed by atoms with Crippen LogP contribution < -0.4 is 10.3 Å². The first-order chi connectivity index (χ1) is 10.5. The minimum atomic E-state index is -1.00. The molecule has 0 spiro atoms. The third-order valence-corrected chi connectivity index (χ3v) is 3.15. The second-order valence-corrected chi connectivity index (χ2v) is 5.47. The molecule has 0 bridgehead atoms. The number of aromatic nitrogens is 1. The maximum atomic E-state index is 12.4. The number of aromatic carboxylic acids is 1. The summed E-state index contributed by atoms with van der Waals surface area (Å²) in [4.78, 5) is 23.6. The summed E-state index contributed by atoms with van der Waals surface area (Å²) in [6.45, 7) is 4.67. The molecule has 0 saturated carbocycles. The first kappa shape index (κ1) is 15.8. The van der Waals surface area contributed by atoms with Crippen LogP contribution in [0.25, 0.3) is 0 Å². The average Bonchev–Trinajstić information content (AvgIpc) is 2.48. The molecule has 5 heteroatoms. The van der Waals surface area contributed by atoms with Crippen LogP contribution in [0.3, 0.4) is 0 Å². The highest BCUT2D eigenvalue weighted by Gasteiger charge is 2.11. The molecule has 0 atom stereocenters. The highest BCUT2D eigenvalue weighted by molar-refractivity contribution is 5.89. The molecule has 0 radical (unpaired) electrons. The number of benzene rings is 1. The molecule has 0 unspecified atom stereocenters. The zero-order chi connectivity index (χ0) is 16.1. The third kappa shape index (κ3) is 3.75. The molecule has 1 aromatic carbocycles. The Hall–Kier alpha value is -2.56. The van der Waals surface area contributed by atoms with Crippen molar-refractivity contribution in [3.8, 4) is 5.75 Å². The van der Waals surface area contributed by atoms with Crippen molar-refractivity contribution in [2.24, 2.45) is 5.92 Å². The van der Waals surface area contributed by atoms with Gasteiger partial charge in [0.05, 0.1) is 18.7 Å². The molecular weight excluding hydrogens is 282 g/mol.